The summed E-state index contributed by atoms with van der Waals surface area (Å²) in [5, 5.41) is 7.50. The Balaban J connectivity index is 1.58. The second-order valence-electron chi connectivity index (χ2n) is 7.16. The molecular formula is C18H28N4O2. The minimum Gasteiger partial charge on any atom is -0.354 e. The first kappa shape index (κ1) is 17.0. The smallest absolute Gasteiger partial charge is 0.266 e. The molecule has 1 unspecified atom stereocenters. The summed E-state index contributed by atoms with van der Waals surface area (Å²) < 4.78 is 1.37. The van der Waals surface area contributed by atoms with Crippen molar-refractivity contribution in [3.8, 4) is 0 Å². The summed E-state index contributed by atoms with van der Waals surface area (Å²) in [5.74, 6) is 1.59. The topological polar surface area (TPSA) is 67.2 Å². The first-order valence-corrected chi connectivity index (χ1v) is 9.21. The summed E-state index contributed by atoms with van der Waals surface area (Å²) in [6.07, 6.45) is 8.96. The number of nitrogens with one attached hydrogen (secondary N) is 1. The zero-order chi connectivity index (χ0) is 16.9. The molecule has 0 bridgehead atoms. The van der Waals surface area contributed by atoms with E-state index in [9.17, 15) is 9.59 Å². The van der Waals surface area contributed by atoms with E-state index < -0.39 is 0 Å². The van der Waals surface area contributed by atoms with Crippen LogP contribution in [0.15, 0.2) is 16.9 Å². The number of carbonyl (C=O) groups excluding carboxylic acids is 1. The maximum atomic E-state index is 12.2. The summed E-state index contributed by atoms with van der Waals surface area (Å²) in [4.78, 5) is 26.0. The third kappa shape index (κ3) is 4.16. The van der Waals surface area contributed by atoms with Crippen molar-refractivity contribution in [2.24, 2.45) is 13.0 Å². The van der Waals surface area contributed by atoms with Crippen molar-refractivity contribution in [1.82, 2.24) is 15.1 Å². The van der Waals surface area contributed by atoms with Crippen LogP contribution >= 0.6 is 0 Å². The molecule has 6 heteroatoms. The van der Waals surface area contributed by atoms with E-state index in [1.165, 1.54) is 36.8 Å². The molecule has 6 nitrogen and oxygen atoms in total. The number of carbonyl (C=O) groups is 1. The second-order valence-corrected chi connectivity index (χ2v) is 7.16. The lowest BCUT2D eigenvalue weighted by Gasteiger charge is -2.36. The molecule has 0 spiro atoms. The van der Waals surface area contributed by atoms with Gasteiger partial charge in [0.2, 0.25) is 5.91 Å². The van der Waals surface area contributed by atoms with Crippen molar-refractivity contribution in [2.75, 3.05) is 18.0 Å². The van der Waals surface area contributed by atoms with E-state index in [1.54, 1.807) is 19.2 Å². The zero-order valence-electron chi connectivity index (χ0n) is 14.5. The molecular weight excluding hydrogens is 304 g/mol. The molecule has 1 saturated carbocycles. The highest BCUT2D eigenvalue weighted by Crippen LogP contribution is 2.27. The second kappa shape index (κ2) is 7.81. The molecule has 2 aliphatic rings. The number of aromatic nitrogens is 2. The molecule has 24 heavy (non-hydrogen) atoms. The van der Waals surface area contributed by atoms with Gasteiger partial charge >= 0.3 is 0 Å². The van der Waals surface area contributed by atoms with Gasteiger partial charge in [-0.15, -0.1) is 0 Å². The molecule has 2 heterocycles. The largest absolute Gasteiger partial charge is 0.354 e. The SMILES string of the molecule is Cn1nc(N2CCCCC2CNC(=O)CC2CCCC2)ccc1=O. The lowest BCUT2D eigenvalue weighted by Crippen LogP contribution is -2.47. The van der Waals surface area contributed by atoms with E-state index in [0.717, 1.165) is 25.2 Å². The summed E-state index contributed by atoms with van der Waals surface area (Å²) in [6.45, 7) is 1.59. The molecule has 2 fully saturated rings. The van der Waals surface area contributed by atoms with Crippen LogP contribution in [0.25, 0.3) is 0 Å². The average Bonchev–Trinajstić information content (AvgIpc) is 3.09. The fourth-order valence-electron chi connectivity index (χ4n) is 3.94. The molecule has 3 rings (SSSR count). The van der Waals surface area contributed by atoms with Crippen LogP contribution in [0.3, 0.4) is 0 Å². The molecule has 1 aromatic heterocycles. The molecule has 1 atom stereocenters. The van der Waals surface area contributed by atoms with Gasteiger partial charge in [-0.1, -0.05) is 12.8 Å². The van der Waals surface area contributed by atoms with Crippen LogP contribution in [-0.4, -0.2) is 34.8 Å². The van der Waals surface area contributed by atoms with E-state index in [2.05, 4.69) is 15.3 Å². The van der Waals surface area contributed by atoms with Crippen LogP contribution in [0.4, 0.5) is 5.82 Å². The maximum absolute atomic E-state index is 12.2. The molecule has 1 saturated heterocycles. The predicted octanol–water partition coefficient (Wildman–Crippen LogP) is 1.84. The van der Waals surface area contributed by atoms with Gasteiger partial charge in [0.05, 0.1) is 0 Å². The Morgan fingerprint density at radius 3 is 2.71 bits per heavy atom. The Kier molecular flexibility index (Phi) is 5.53. The first-order valence-electron chi connectivity index (χ1n) is 9.21. The number of amides is 1. The molecule has 0 radical (unpaired) electrons. The van der Waals surface area contributed by atoms with Crippen LogP contribution in [0, 0.1) is 5.92 Å². The van der Waals surface area contributed by atoms with Gasteiger partial charge < -0.3 is 10.2 Å². The van der Waals surface area contributed by atoms with E-state index in [0.29, 0.717) is 18.9 Å². The van der Waals surface area contributed by atoms with Crippen LogP contribution in [0.1, 0.15) is 51.4 Å². The van der Waals surface area contributed by atoms with Crippen molar-refractivity contribution in [1.29, 1.82) is 0 Å². The number of rotatable bonds is 5. The van der Waals surface area contributed by atoms with E-state index in [-0.39, 0.29) is 17.5 Å². The highest BCUT2D eigenvalue weighted by Gasteiger charge is 2.25. The number of hydrogen-bond donors (Lipinski definition) is 1. The van der Waals surface area contributed by atoms with Crippen molar-refractivity contribution in [3.05, 3.63) is 22.5 Å². The van der Waals surface area contributed by atoms with Gasteiger partial charge in [-0.2, -0.15) is 5.10 Å². The molecule has 1 aliphatic heterocycles. The summed E-state index contributed by atoms with van der Waals surface area (Å²) in [7, 11) is 1.67. The lowest BCUT2D eigenvalue weighted by molar-refractivity contribution is -0.122. The van der Waals surface area contributed by atoms with Crippen molar-refractivity contribution < 1.29 is 4.79 Å². The highest BCUT2D eigenvalue weighted by molar-refractivity contribution is 5.76. The van der Waals surface area contributed by atoms with Gasteiger partial charge in [-0.05, 0) is 44.1 Å². The standard InChI is InChI=1S/C18H28N4O2/c1-21-18(24)10-9-16(20-21)22-11-5-4-8-15(22)13-19-17(23)12-14-6-2-3-7-14/h9-10,14-15H,2-8,11-13H2,1H3,(H,19,23). The summed E-state index contributed by atoms with van der Waals surface area (Å²) in [6, 6.07) is 3.62. The van der Waals surface area contributed by atoms with E-state index in [4.69, 9.17) is 0 Å². The Morgan fingerprint density at radius 2 is 1.96 bits per heavy atom. The molecule has 1 aliphatic carbocycles. The van der Waals surface area contributed by atoms with Gasteiger partial charge in [0.15, 0.2) is 0 Å². The van der Waals surface area contributed by atoms with Crippen molar-refractivity contribution in [3.63, 3.8) is 0 Å². The van der Waals surface area contributed by atoms with Crippen molar-refractivity contribution in [2.45, 2.75) is 57.4 Å². The third-order valence-corrected chi connectivity index (χ3v) is 5.35. The number of aryl methyl sites for hydroxylation is 1. The van der Waals surface area contributed by atoms with Crippen LogP contribution < -0.4 is 15.8 Å². The minimum absolute atomic E-state index is 0.0998. The quantitative estimate of drug-likeness (QED) is 0.893. The number of piperidine rings is 1. The average molecular weight is 332 g/mol. The fraction of sp³-hybridized carbons (Fsp3) is 0.722. The monoisotopic (exact) mass is 332 g/mol. The van der Waals surface area contributed by atoms with Crippen LogP contribution in [-0.2, 0) is 11.8 Å². The third-order valence-electron chi connectivity index (χ3n) is 5.35. The highest BCUT2D eigenvalue weighted by atomic mass is 16.1. The minimum atomic E-state index is -0.0998. The summed E-state index contributed by atoms with van der Waals surface area (Å²) >= 11 is 0. The molecule has 1 aromatic rings. The normalized spacial score (nSPS) is 21.9. The van der Waals surface area contributed by atoms with Gasteiger partial charge in [0, 0.05) is 38.7 Å². The lowest BCUT2D eigenvalue weighted by atomic mass is 10.0. The van der Waals surface area contributed by atoms with Gasteiger partial charge in [0.25, 0.3) is 5.56 Å². The zero-order valence-corrected chi connectivity index (χ0v) is 14.5. The predicted molar refractivity (Wildman–Crippen MR) is 94.0 cm³/mol. The summed E-state index contributed by atoms with van der Waals surface area (Å²) in [5.41, 5.74) is -0.0998. The number of nitrogens with zero attached hydrogens (tertiary/aromatic N) is 3. The number of anilines is 1. The Labute approximate surface area is 143 Å². The van der Waals surface area contributed by atoms with Gasteiger partial charge in [-0.25, -0.2) is 4.68 Å². The van der Waals surface area contributed by atoms with Crippen molar-refractivity contribution >= 4 is 11.7 Å². The first-order chi connectivity index (χ1) is 11.6. The fourth-order valence-corrected chi connectivity index (χ4v) is 3.94. The Bertz CT molecular complexity index is 622. The molecule has 1 N–H and O–H groups in total. The molecule has 132 valence electrons. The maximum Gasteiger partial charge on any atom is 0.266 e. The van der Waals surface area contributed by atoms with Gasteiger partial charge in [-0.3, -0.25) is 9.59 Å². The Hall–Kier alpha value is -1.85. The van der Waals surface area contributed by atoms with Crippen LogP contribution in [0.2, 0.25) is 0 Å². The van der Waals surface area contributed by atoms with E-state index in [1.807, 2.05) is 0 Å². The number of hydrogen-bond acceptors (Lipinski definition) is 4. The van der Waals surface area contributed by atoms with Gasteiger partial charge in [0.1, 0.15) is 5.82 Å². The molecule has 0 aromatic carbocycles. The van der Waals surface area contributed by atoms with Crippen LogP contribution in [0.5, 0.6) is 0 Å². The van der Waals surface area contributed by atoms with E-state index >= 15 is 0 Å². The molecule has 1 amide bonds. The Morgan fingerprint density at radius 1 is 1.21 bits per heavy atom.